The molecular weight excluding hydrogens is 200 g/mol. The second kappa shape index (κ2) is 3.46. The van der Waals surface area contributed by atoms with Crippen molar-refractivity contribution in [3.05, 3.63) is 45.7 Å². The lowest BCUT2D eigenvalue weighted by atomic mass is 10.1. The Morgan fingerprint density at radius 2 is 2.19 bits per heavy atom. The Morgan fingerprint density at radius 1 is 1.38 bits per heavy atom. The summed E-state index contributed by atoms with van der Waals surface area (Å²) in [6.07, 6.45) is 1.00. The van der Waals surface area contributed by atoms with Gasteiger partial charge in [-0.3, -0.25) is 4.79 Å². The van der Waals surface area contributed by atoms with Gasteiger partial charge >= 0.3 is 0 Å². The number of aromatic amines is 1. The summed E-state index contributed by atoms with van der Waals surface area (Å²) >= 11 is 0. The summed E-state index contributed by atoms with van der Waals surface area (Å²) in [7, 11) is 0. The van der Waals surface area contributed by atoms with E-state index in [9.17, 15) is 4.79 Å². The van der Waals surface area contributed by atoms with Gasteiger partial charge in [-0.05, 0) is 18.6 Å². The van der Waals surface area contributed by atoms with E-state index in [1.54, 1.807) is 0 Å². The topological polar surface area (TPSA) is 44.9 Å². The summed E-state index contributed by atoms with van der Waals surface area (Å²) in [5.41, 5.74) is 3.10. The number of benzene rings is 1. The highest BCUT2D eigenvalue weighted by atomic mass is 16.1. The van der Waals surface area contributed by atoms with Gasteiger partial charge in [0.15, 0.2) is 5.43 Å². The fourth-order valence-electron chi connectivity index (χ4n) is 2.44. The van der Waals surface area contributed by atoms with Crippen LogP contribution >= 0.6 is 0 Å². The Morgan fingerprint density at radius 3 is 3.00 bits per heavy atom. The van der Waals surface area contributed by atoms with E-state index >= 15 is 0 Å². The maximum absolute atomic E-state index is 12.2. The minimum Gasteiger partial charge on any atom is -0.357 e. The van der Waals surface area contributed by atoms with E-state index in [0.717, 1.165) is 28.6 Å². The van der Waals surface area contributed by atoms with Crippen LogP contribution in [0.5, 0.6) is 0 Å². The van der Waals surface area contributed by atoms with E-state index in [1.165, 1.54) is 0 Å². The predicted molar refractivity (Wildman–Crippen MR) is 64.4 cm³/mol. The lowest BCUT2D eigenvalue weighted by Crippen LogP contribution is -2.11. The zero-order valence-corrected chi connectivity index (χ0v) is 9.21. The first-order valence-electron chi connectivity index (χ1n) is 5.68. The molecule has 0 bridgehead atoms. The second-order valence-corrected chi connectivity index (χ2v) is 4.23. The monoisotopic (exact) mass is 214 g/mol. The van der Waals surface area contributed by atoms with E-state index in [2.05, 4.69) is 17.2 Å². The number of nitrogens with one attached hydrogen (secondary N) is 2. The van der Waals surface area contributed by atoms with Crippen LogP contribution in [0.3, 0.4) is 0 Å². The average molecular weight is 214 g/mol. The van der Waals surface area contributed by atoms with Gasteiger partial charge in [-0.1, -0.05) is 19.1 Å². The van der Waals surface area contributed by atoms with Crippen LogP contribution in [-0.2, 0) is 6.54 Å². The molecule has 1 aromatic carbocycles. The van der Waals surface area contributed by atoms with Crippen molar-refractivity contribution in [2.75, 3.05) is 0 Å². The highest BCUT2D eigenvalue weighted by Gasteiger charge is 2.24. The van der Waals surface area contributed by atoms with Gasteiger partial charge in [0.25, 0.3) is 0 Å². The molecule has 3 nitrogen and oxygen atoms in total. The van der Waals surface area contributed by atoms with Crippen LogP contribution in [0.25, 0.3) is 10.9 Å². The predicted octanol–water partition coefficient (Wildman–Crippen LogP) is 2.08. The van der Waals surface area contributed by atoms with Crippen molar-refractivity contribution in [2.24, 2.45) is 0 Å². The Kier molecular flexibility index (Phi) is 2.07. The van der Waals surface area contributed by atoms with Crippen LogP contribution in [0, 0.1) is 0 Å². The molecule has 82 valence electrons. The van der Waals surface area contributed by atoms with Crippen LogP contribution in [0.15, 0.2) is 29.1 Å². The molecule has 16 heavy (non-hydrogen) atoms. The Balaban J connectivity index is 2.36. The normalized spacial score (nSPS) is 18.9. The molecule has 0 amide bonds. The number of para-hydroxylation sites is 1. The van der Waals surface area contributed by atoms with E-state index in [4.69, 9.17) is 0 Å². The van der Waals surface area contributed by atoms with Crippen LogP contribution in [0.4, 0.5) is 0 Å². The molecule has 2 aromatic rings. The van der Waals surface area contributed by atoms with Gasteiger partial charge in [-0.25, -0.2) is 0 Å². The second-order valence-electron chi connectivity index (χ2n) is 4.23. The third-order valence-corrected chi connectivity index (χ3v) is 3.32. The molecule has 0 radical (unpaired) electrons. The first kappa shape index (κ1) is 9.60. The average Bonchev–Trinajstić information content (AvgIpc) is 2.72. The molecule has 0 saturated heterocycles. The molecule has 1 aromatic heterocycles. The number of fused-ring (bicyclic) bond motifs is 2. The number of aromatic nitrogens is 1. The highest BCUT2D eigenvalue weighted by Crippen LogP contribution is 2.25. The molecule has 2 N–H and O–H groups in total. The van der Waals surface area contributed by atoms with Gasteiger partial charge in [0.05, 0.1) is 0 Å². The minimum atomic E-state index is 0.174. The third kappa shape index (κ3) is 1.21. The zero-order chi connectivity index (χ0) is 11.1. The molecule has 0 saturated carbocycles. The first-order chi connectivity index (χ1) is 7.81. The maximum atomic E-state index is 12.2. The summed E-state index contributed by atoms with van der Waals surface area (Å²) in [6.45, 7) is 2.81. The summed E-state index contributed by atoms with van der Waals surface area (Å²) in [5, 5.41) is 4.15. The Hall–Kier alpha value is -1.61. The lowest BCUT2D eigenvalue weighted by molar-refractivity contribution is 0.559. The summed E-state index contributed by atoms with van der Waals surface area (Å²) < 4.78 is 0. The van der Waals surface area contributed by atoms with Crippen molar-refractivity contribution >= 4 is 10.9 Å². The number of pyridine rings is 1. The van der Waals surface area contributed by atoms with Crippen molar-refractivity contribution in [3.63, 3.8) is 0 Å². The molecule has 0 unspecified atom stereocenters. The fraction of sp³-hybridized carbons (Fsp3) is 0.308. The first-order valence-corrected chi connectivity index (χ1v) is 5.68. The lowest BCUT2D eigenvalue weighted by Gasteiger charge is -2.09. The van der Waals surface area contributed by atoms with Gasteiger partial charge in [-0.15, -0.1) is 0 Å². The Labute approximate surface area is 93.5 Å². The summed E-state index contributed by atoms with van der Waals surface area (Å²) in [6, 6.07) is 8.00. The Bertz CT molecular complexity index is 600. The largest absolute Gasteiger partial charge is 0.357 e. The smallest absolute Gasteiger partial charge is 0.194 e. The van der Waals surface area contributed by atoms with Gasteiger partial charge in [0.1, 0.15) is 0 Å². The minimum absolute atomic E-state index is 0.174. The molecule has 1 atom stereocenters. The summed E-state index contributed by atoms with van der Waals surface area (Å²) in [4.78, 5) is 15.6. The number of H-pyrrole nitrogens is 1. The van der Waals surface area contributed by atoms with Crippen molar-refractivity contribution in [2.45, 2.75) is 25.9 Å². The number of hydrogen-bond donors (Lipinski definition) is 2. The fourth-order valence-corrected chi connectivity index (χ4v) is 2.44. The third-order valence-electron chi connectivity index (χ3n) is 3.32. The number of hydrogen-bond acceptors (Lipinski definition) is 2. The van der Waals surface area contributed by atoms with Crippen molar-refractivity contribution < 1.29 is 0 Å². The maximum Gasteiger partial charge on any atom is 0.194 e. The molecule has 2 heterocycles. The van der Waals surface area contributed by atoms with Crippen molar-refractivity contribution in [3.8, 4) is 0 Å². The molecular formula is C13H14N2O. The highest BCUT2D eigenvalue weighted by molar-refractivity contribution is 5.79. The van der Waals surface area contributed by atoms with E-state index < -0.39 is 0 Å². The molecule has 0 aliphatic carbocycles. The van der Waals surface area contributed by atoms with Crippen LogP contribution in [-0.4, -0.2) is 4.98 Å². The quantitative estimate of drug-likeness (QED) is 0.763. The molecule has 1 aliphatic heterocycles. The molecule has 3 heteroatoms. The van der Waals surface area contributed by atoms with Crippen molar-refractivity contribution in [1.82, 2.24) is 10.3 Å². The van der Waals surface area contributed by atoms with Crippen molar-refractivity contribution in [1.29, 1.82) is 0 Å². The SMILES string of the molecule is CC[C@H]1NCc2c1[nH]c1ccccc1c2=O. The van der Waals surface area contributed by atoms with Gasteiger partial charge < -0.3 is 10.3 Å². The van der Waals surface area contributed by atoms with Gasteiger partial charge in [0.2, 0.25) is 0 Å². The van der Waals surface area contributed by atoms with Gasteiger partial charge in [-0.2, -0.15) is 0 Å². The molecule has 0 fully saturated rings. The zero-order valence-electron chi connectivity index (χ0n) is 9.21. The van der Waals surface area contributed by atoms with E-state index in [-0.39, 0.29) is 5.43 Å². The van der Waals surface area contributed by atoms with Crippen LogP contribution in [0.2, 0.25) is 0 Å². The summed E-state index contributed by atoms with van der Waals surface area (Å²) in [5.74, 6) is 0. The van der Waals surface area contributed by atoms with Crippen LogP contribution < -0.4 is 10.7 Å². The molecule has 1 aliphatic rings. The molecule has 0 spiro atoms. The van der Waals surface area contributed by atoms with Crippen LogP contribution in [0.1, 0.15) is 30.6 Å². The molecule has 3 rings (SSSR count). The van der Waals surface area contributed by atoms with E-state index in [0.29, 0.717) is 12.6 Å². The van der Waals surface area contributed by atoms with E-state index in [1.807, 2.05) is 24.3 Å². The standard InChI is InChI=1S/C13H14N2O/c1-2-10-12-9(7-14-10)13(16)8-5-3-4-6-11(8)15-12/h3-6,10,14H,2,7H2,1H3,(H,15,16)/t10-/m1/s1. The number of rotatable bonds is 1. The van der Waals surface area contributed by atoms with Gasteiger partial charge in [0, 0.05) is 34.7 Å².